The molecular formula is C15H18Cl2F2N2O2. The third-order valence-corrected chi connectivity index (χ3v) is 4.54. The first-order valence-corrected chi connectivity index (χ1v) is 8.08. The number of nitrogens with one attached hydrogen (secondary N) is 1. The van der Waals surface area contributed by atoms with Gasteiger partial charge in [0.2, 0.25) is 5.91 Å². The third kappa shape index (κ3) is 4.68. The minimum absolute atomic E-state index is 0.00889. The lowest BCUT2D eigenvalue weighted by molar-refractivity contribution is -0.126. The smallest absolute Gasteiger partial charge is 0.387 e. The number of benzene rings is 1. The molecule has 1 aromatic carbocycles. The van der Waals surface area contributed by atoms with Crippen molar-refractivity contribution in [1.29, 1.82) is 0 Å². The Morgan fingerprint density at radius 1 is 1.39 bits per heavy atom. The second-order valence-electron chi connectivity index (χ2n) is 5.51. The van der Waals surface area contributed by atoms with E-state index >= 15 is 0 Å². The van der Waals surface area contributed by atoms with Crippen LogP contribution in [0, 0.1) is 11.8 Å². The summed E-state index contributed by atoms with van der Waals surface area (Å²) in [5.41, 5.74) is 5.97. The Kier molecular flexibility index (Phi) is 6.44. The van der Waals surface area contributed by atoms with Crippen LogP contribution in [0.1, 0.15) is 24.8 Å². The van der Waals surface area contributed by atoms with Crippen molar-refractivity contribution in [3.63, 3.8) is 0 Å². The molecule has 0 unspecified atom stereocenters. The number of hydrogen-bond acceptors (Lipinski definition) is 3. The molecule has 0 heterocycles. The van der Waals surface area contributed by atoms with Crippen LogP contribution in [0.4, 0.5) is 8.78 Å². The summed E-state index contributed by atoms with van der Waals surface area (Å²) in [6.45, 7) is -2.55. The second kappa shape index (κ2) is 8.13. The molecule has 4 nitrogen and oxygen atoms in total. The van der Waals surface area contributed by atoms with Gasteiger partial charge >= 0.3 is 6.61 Å². The molecule has 1 aromatic rings. The molecule has 1 fully saturated rings. The molecule has 128 valence electrons. The van der Waals surface area contributed by atoms with Crippen molar-refractivity contribution < 1.29 is 18.3 Å². The van der Waals surface area contributed by atoms with Gasteiger partial charge in [0.25, 0.3) is 0 Å². The van der Waals surface area contributed by atoms with Gasteiger partial charge < -0.3 is 15.8 Å². The van der Waals surface area contributed by atoms with E-state index in [4.69, 9.17) is 28.9 Å². The average molecular weight is 367 g/mol. The van der Waals surface area contributed by atoms with Gasteiger partial charge in [-0.25, -0.2) is 0 Å². The zero-order valence-electron chi connectivity index (χ0n) is 12.3. The highest BCUT2D eigenvalue weighted by Crippen LogP contribution is 2.34. The lowest BCUT2D eigenvalue weighted by Gasteiger charge is -2.18. The summed E-state index contributed by atoms with van der Waals surface area (Å²) < 4.78 is 29.5. The first kappa shape index (κ1) is 18.2. The molecule has 0 spiro atoms. The van der Waals surface area contributed by atoms with Gasteiger partial charge in [-0.2, -0.15) is 8.78 Å². The van der Waals surface area contributed by atoms with Gasteiger partial charge in [0.05, 0.1) is 5.02 Å². The van der Waals surface area contributed by atoms with Crippen molar-refractivity contribution in [2.75, 3.05) is 6.54 Å². The molecule has 0 bridgehead atoms. The van der Waals surface area contributed by atoms with Crippen molar-refractivity contribution in [2.45, 2.75) is 32.4 Å². The molecular weight excluding hydrogens is 349 g/mol. The van der Waals surface area contributed by atoms with Crippen molar-refractivity contribution >= 4 is 29.1 Å². The summed E-state index contributed by atoms with van der Waals surface area (Å²) in [6.07, 6.45) is 2.67. The quantitative estimate of drug-likeness (QED) is 0.808. The largest absolute Gasteiger partial charge is 0.433 e. The summed E-state index contributed by atoms with van der Waals surface area (Å²) in [7, 11) is 0. The van der Waals surface area contributed by atoms with Crippen molar-refractivity contribution in [3.8, 4) is 5.75 Å². The maximum atomic E-state index is 12.5. The van der Waals surface area contributed by atoms with E-state index in [0.29, 0.717) is 12.1 Å². The lowest BCUT2D eigenvalue weighted by atomic mass is 9.95. The third-order valence-electron chi connectivity index (χ3n) is 4.04. The van der Waals surface area contributed by atoms with Gasteiger partial charge in [0, 0.05) is 23.0 Å². The Morgan fingerprint density at radius 3 is 2.78 bits per heavy atom. The van der Waals surface area contributed by atoms with E-state index in [2.05, 4.69) is 10.1 Å². The van der Waals surface area contributed by atoms with Crippen LogP contribution in [0.5, 0.6) is 5.75 Å². The SMILES string of the molecule is NC[C@H]1CCC[C@H]1C(=O)NCc1cc(Cl)cc(Cl)c1OC(F)F. The predicted octanol–water partition coefficient (Wildman–Crippen LogP) is 3.59. The van der Waals surface area contributed by atoms with E-state index < -0.39 is 6.61 Å². The van der Waals surface area contributed by atoms with Crippen molar-refractivity contribution in [1.82, 2.24) is 5.32 Å². The molecule has 1 aliphatic rings. The zero-order chi connectivity index (χ0) is 17.0. The first-order valence-electron chi connectivity index (χ1n) is 7.33. The number of halogens is 4. The van der Waals surface area contributed by atoms with Gasteiger partial charge in [0.1, 0.15) is 5.75 Å². The average Bonchev–Trinajstić information content (AvgIpc) is 2.96. The Hall–Kier alpha value is -1.11. The maximum absolute atomic E-state index is 12.5. The number of alkyl halides is 2. The first-order chi connectivity index (χ1) is 10.9. The Morgan fingerprint density at radius 2 is 2.13 bits per heavy atom. The highest BCUT2D eigenvalue weighted by atomic mass is 35.5. The summed E-state index contributed by atoms with van der Waals surface area (Å²) >= 11 is 11.8. The highest BCUT2D eigenvalue weighted by Gasteiger charge is 2.31. The summed E-state index contributed by atoms with van der Waals surface area (Å²) in [5, 5.41) is 2.99. The predicted molar refractivity (Wildman–Crippen MR) is 84.8 cm³/mol. The van der Waals surface area contributed by atoms with Gasteiger partial charge in [-0.05, 0) is 37.4 Å². The van der Waals surface area contributed by atoms with E-state index in [1.807, 2.05) is 0 Å². The van der Waals surface area contributed by atoms with Gasteiger partial charge in [-0.1, -0.05) is 29.6 Å². The van der Waals surface area contributed by atoms with E-state index in [1.54, 1.807) is 0 Å². The van der Waals surface area contributed by atoms with Gasteiger partial charge in [-0.15, -0.1) is 0 Å². The topological polar surface area (TPSA) is 64.4 Å². The number of carbonyl (C=O) groups excluding carboxylic acids is 1. The fraction of sp³-hybridized carbons (Fsp3) is 0.533. The summed E-state index contributed by atoms with van der Waals surface area (Å²) in [6, 6.07) is 2.76. The molecule has 2 atom stereocenters. The molecule has 0 aliphatic heterocycles. The summed E-state index contributed by atoms with van der Waals surface area (Å²) in [4.78, 5) is 12.3. The lowest BCUT2D eigenvalue weighted by Crippen LogP contribution is -2.34. The molecule has 8 heteroatoms. The molecule has 3 N–H and O–H groups in total. The molecule has 0 saturated heterocycles. The van der Waals surface area contributed by atoms with Crippen LogP contribution in [0.15, 0.2) is 12.1 Å². The van der Waals surface area contributed by atoms with Gasteiger partial charge in [0.15, 0.2) is 0 Å². The second-order valence-corrected chi connectivity index (χ2v) is 6.35. The summed E-state index contributed by atoms with van der Waals surface area (Å²) in [5.74, 6) is -0.297. The van der Waals surface area contributed by atoms with E-state index in [9.17, 15) is 13.6 Å². The standard InChI is InChI=1S/C15H18Cl2F2N2O2/c16-10-4-9(13(12(17)5-10)23-15(18)19)7-21-14(22)11-3-1-2-8(11)6-20/h4-5,8,11,15H,1-3,6-7,20H2,(H,21,22)/t8-,11-/m1/s1. The number of nitrogens with two attached hydrogens (primary N) is 1. The molecule has 0 aromatic heterocycles. The van der Waals surface area contributed by atoms with Crippen LogP contribution in [0.25, 0.3) is 0 Å². The Labute approximate surface area is 143 Å². The number of carbonyl (C=O) groups is 1. The van der Waals surface area contributed by atoms with Gasteiger partial charge in [-0.3, -0.25) is 4.79 Å². The monoisotopic (exact) mass is 366 g/mol. The van der Waals surface area contributed by atoms with Crippen molar-refractivity contribution in [3.05, 3.63) is 27.7 Å². The Balaban J connectivity index is 2.09. The van der Waals surface area contributed by atoms with Crippen LogP contribution in [0.3, 0.4) is 0 Å². The van der Waals surface area contributed by atoms with Crippen LogP contribution in [-0.4, -0.2) is 19.1 Å². The number of amides is 1. The minimum Gasteiger partial charge on any atom is -0.433 e. The normalized spacial score (nSPS) is 20.8. The zero-order valence-corrected chi connectivity index (χ0v) is 13.8. The fourth-order valence-electron chi connectivity index (χ4n) is 2.94. The number of rotatable bonds is 6. The minimum atomic E-state index is -3.01. The van der Waals surface area contributed by atoms with E-state index in [0.717, 1.165) is 19.3 Å². The van der Waals surface area contributed by atoms with Crippen molar-refractivity contribution in [2.24, 2.45) is 17.6 Å². The molecule has 1 aliphatic carbocycles. The van der Waals surface area contributed by atoms with Crippen LogP contribution in [-0.2, 0) is 11.3 Å². The van der Waals surface area contributed by atoms with Crippen LogP contribution >= 0.6 is 23.2 Å². The van der Waals surface area contributed by atoms with E-state index in [-0.39, 0.29) is 40.1 Å². The molecule has 0 radical (unpaired) electrons. The number of ether oxygens (including phenoxy) is 1. The van der Waals surface area contributed by atoms with Crippen LogP contribution in [0.2, 0.25) is 10.0 Å². The Bertz CT molecular complexity index is 573. The molecule has 1 amide bonds. The molecule has 1 saturated carbocycles. The highest BCUT2D eigenvalue weighted by molar-refractivity contribution is 6.35. The maximum Gasteiger partial charge on any atom is 0.387 e. The molecule has 23 heavy (non-hydrogen) atoms. The van der Waals surface area contributed by atoms with Crippen LogP contribution < -0.4 is 15.8 Å². The fourth-order valence-corrected chi connectivity index (χ4v) is 3.52. The number of hydrogen-bond donors (Lipinski definition) is 2. The molecule has 2 rings (SSSR count). The van der Waals surface area contributed by atoms with E-state index in [1.165, 1.54) is 12.1 Å².